The molecule has 0 bridgehead atoms. The van der Waals surface area contributed by atoms with E-state index in [-0.39, 0.29) is 0 Å². The molecule has 0 aromatic heterocycles. The lowest BCUT2D eigenvalue weighted by molar-refractivity contribution is 0.300. The van der Waals surface area contributed by atoms with Gasteiger partial charge < -0.3 is 14.0 Å². The van der Waals surface area contributed by atoms with Crippen molar-refractivity contribution < 1.29 is 9.13 Å². The Morgan fingerprint density at radius 2 is 0.784 bits per heavy atom. The van der Waals surface area contributed by atoms with Gasteiger partial charge in [-0.15, -0.1) is 0 Å². The Bertz CT molecular complexity index is 1120. The van der Waals surface area contributed by atoms with Crippen molar-refractivity contribution in [2.24, 2.45) is 0 Å². The highest BCUT2D eigenvalue weighted by atomic mass is 31.2. The summed E-state index contributed by atoms with van der Waals surface area (Å²) in [6.07, 6.45) is 3.26. The number of benzene rings is 4. The molecule has 0 saturated carbocycles. The zero-order valence-electron chi connectivity index (χ0n) is 21.7. The van der Waals surface area contributed by atoms with Gasteiger partial charge in [-0.2, -0.15) is 0 Å². The first kappa shape index (κ1) is 27.3. The van der Waals surface area contributed by atoms with Crippen molar-refractivity contribution in [3.8, 4) is 0 Å². The zero-order valence-corrected chi connectivity index (χ0v) is 23.4. The van der Waals surface area contributed by atoms with Crippen LogP contribution < -0.4 is 21.2 Å². The maximum absolute atomic E-state index is 14.6. The fraction of sp³-hybridized carbons (Fsp3) is 0.250. The summed E-state index contributed by atoms with van der Waals surface area (Å²) in [5.41, 5.74) is 0. The van der Waals surface area contributed by atoms with Crippen LogP contribution in [-0.2, 0) is 9.13 Å². The van der Waals surface area contributed by atoms with Crippen LogP contribution in [0.2, 0.25) is 0 Å². The monoisotopic (exact) mass is 529 g/mol. The molecule has 0 amide bonds. The van der Waals surface area contributed by atoms with Gasteiger partial charge in [0, 0.05) is 46.6 Å². The second-order valence-corrected chi connectivity index (χ2v) is 15.4. The van der Waals surface area contributed by atoms with E-state index in [0.29, 0.717) is 25.4 Å². The quantitative estimate of drug-likeness (QED) is 0.196. The van der Waals surface area contributed by atoms with Crippen LogP contribution in [0.5, 0.6) is 0 Å². The number of nitrogens with zero attached hydrogens (tertiary/aromatic N) is 1. The summed E-state index contributed by atoms with van der Waals surface area (Å²) in [5, 5.41) is 3.60. The molecule has 0 heterocycles. The van der Waals surface area contributed by atoms with E-state index >= 15 is 0 Å². The molecule has 0 fully saturated rings. The Morgan fingerprint density at radius 3 is 1.05 bits per heavy atom. The molecule has 0 saturated heterocycles. The number of hydrogen-bond acceptors (Lipinski definition) is 3. The van der Waals surface area contributed by atoms with Crippen LogP contribution in [0.25, 0.3) is 0 Å². The van der Waals surface area contributed by atoms with Crippen molar-refractivity contribution in [2.45, 2.75) is 19.8 Å². The standard InChI is InChI=1S/C32H37NO2P2/c1-2-3-24-33(25-27-36(34,29-16-8-4-9-17-29)30-18-10-5-11-19-30)26-28-37(35,31-20-12-6-13-21-31)32-22-14-7-15-23-32/h4-23H,2-3,24-28H2,1H3. The van der Waals surface area contributed by atoms with Gasteiger partial charge >= 0.3 is 0 Å². The average Bonchev–Trinajstić information content (AvgIpc) is 2.98. The van der Waals surface area contributed by atoms with Crippen molar-refractivity contribution in [3.05, 3.63) is 121 Å². The smallest absolute Gasteiger partial charge is 0.144 e. The molecule has 5 heteroatoms. The highest BCUT2D eigenvalue weighted by Gasteiger charge is 2.30. The molecule has 4 aromatic carbocycles. The van der Waals surface area contributed by atoms with Crippen LogP contribution in [-0.4, -0.2) is 36.9 Å². The Kier molecular flexibility index (Phi) is 9.75. The summed E-state index contributed by atoms with van der Waals surface area (Å²) in [7, 11) is -5.60. The topological polar surface area (TPSA) is 37.4 Å². The molecule has 37 heavy (non-hydrogen) atoms. The fourth-order valence-corrected chi connectivity index (χ4v) is 10.1. The molecule has 0 aliphatic heterocycles. The van der Waals surface area contributed by atoms with Gasteiger partial charge in [0.25, 0.3) is 0 Å². The lowest BCUT2D eigenvalue weighted by Gasteiger charge is -2.28. The van der Waals surface area contributed by atoms with E-state index in [9.17, 15) is 9.13 Å². The largest absolute Gasteiger partial charge is 0.314 e. The third kappa shape index (κ3) is 6.79. The number of hydrogen-bond donors (Lipinski definition) is 0. The molecule has 0 radical (unpaired) electrons. The van der Waals surface area contributed by atoms with Crippen LogP contribution in [0.15, 0.2) is 121 Å². The van der Waals surface area contributed by atoms with Crippen LogP contribution in [0.4, 0.5) is 0 Å². The SMILES string of the molecule is CCCCN(CCP(=O)(c1ccccc1)c1ccccc1)CCP(=O)(c1ccccc1)c1ccccc1. The maximum Gasteiger partial charge on any atom is 0.144 e. The van der Waals surface area contributed by atoms with E-state index < -0.39 is 14.3 Å². The van der Waals surface area contributed by atoms with Gasteiger partial charge in [0.2, 0.25) is 0 Å². The maximum atomic E-state index is 14.6. The first-order valence-corrected chi connectivity index (χ1v) is 17.0. The normalized spacial score (nSPS) is 12.1. The molecule has 0 unspecified atom stereocenters. The average molecular weight is 530 g/mol. The van der Waals surface area contributed by atoms with Gasteiger partial charge in [-0.25, -0.2) is 0 Å². The van der Waals surface area contributed by atoms with Crippen molar-refractivity contribution in [1.29, 1.82) is 0 Å². The second kappa shape index (κ2) is 13.2. The third-order valence-electron chi connectivity index (χ3n) is 6.98. The van der Waals surface area contributed by atoms with E-state index in [4.69, 9.17) is 0 Å². The summed E-state index contributed by atoms with van der Waals surface area (Å²) in [5.74, 6) is 0. The minimum atomic E-state index is -2.80. The van der Waals surface area contributed by atoms with E-state index in [1.54, 1.807) is 0 Å². The molecule has 0 aliphatic carbocycles. The first-order valence-electron chi connectivity index (χ1n) is 13.2. The molecule has 192 valence electrons. The molecule has 4 rings (SSSR count). The molecular weight excluding hydrogens is 492 g/mol. The molecule has 0 aliphatic rings. The predicted molar refractivity (Wildman–Crippen MR) is 161 cm³/mol. The van der Waals surface area contributed by atoms with Crippen LogP contribution in [0, 0.1) is 0 Å². The lowest BCUT2D eigenvalue weighted by atomic mass is 10.3. The van der Waals surface area contributed by atoms with Crippen molar-refractivity contribution >= 4 is 35.5 Å². The van der Waals surface area contributed by atoms with Gasteiger partial charge in [0.05, 0.1) is 0 Å². The van der Waals surface area contributed by atoms with Crippen molar-refractivity contribution in [1.82, 2.24) is 4.90 Å². The summed E-state index contributed by atoms with van der Waals surface area (Å²) in [6, 6.07) is 39.5. The summed E-state index contributed by atoms with van der Waals surface area (Å²) < 4.78 is 29.1. The zero-order chi connectivity index (χ0) is 26.0. The Morgan fingerprint density at radius 1 is 0.486 bits per heavy atom. The summed E-state index contributed by atoms with van der Waals surface area (Å²) in [6.45, 7) is 4.49. The summed E-state index contributed by atoms with van der Waals surface area (Å²) >= 11 is 0. The van der Waals surface area contributed by atoms with E-state index in [2.05, 4.69) is 11.8 Å². The Labute approximate surface area is 222 Å². The molecule has 4 aromatic rings. The summed E-state index contributed by atoms with van der Waals surface area (Å²) in [4.78, 5) is 2.38. The predicted octanol–water partition coefficient (Wildman–Crippen LogP) is 6.12. The molecular formula is C32H37NO2P2. The molecule has 0 N–H and O–H groups in total. The highest BCUT2D eigenvalue weighted by molar-refractivity contribution is 7.79. The number of rotatable bonds is 13. The van der Waals surface area contributed by atoms with E-state index in [0.717, 1.165) is 40.6 Å². The third-order valence-corrected chi connectivity index (χ3v) is 13.2. The van der Waals surface area contributed by atoms with Gasteiger partial charge in [-0.1, -0.05) is 135 Å². The first-order chi connectivity index (χ1) is 18.1. The van der Waals surface area contributed by atoms with Crippen LogP contribution >= 0.6 is 14.3 Å². The number of unbranched alkanes of at least 4 members (excludes halogenated alkanes) is 1. The second-order valence-electron chi connectivity index (χ2n) is 9.46. The van der Waals surface area contributed by atoms with Gasteiger partial charge in [0.15, 0.2) is 0 Å². The van der Waals surface area contributed by atoms with E-state index in [1.165, 1.54) is 0 Å². The minimum Gasteiger partial charge on any atom is -0.314 e. The lowest BCUT2D eigenvalue weighted by Crippen LogP contribution is -2.34. The minimum absolute atomic E-state index is 0.561. The van der Waals surface area contributed by atoms with Gasteiger partial charge in [-0.05, 0) is 13.0 Å². The van der Waals surface area contributed by atoms with E-state index in [1.807, 2.05) is 121 Å². The van der Waals surface area contributed by atoms with Crippen LogP contribution in [0.1, 0.15) is 19.8 Å². The van der Waals surface area contributed by atoms with Gasteiger partial charge in [0.1, 0.15) is 14.3 Å². The molecule has 0 spiro atoms. The fourth-order valence-electron chi connectivity index (χ4n) is 4.77. The Balaban J connectivity index is 1.58. The molecule has 3 nitrogen and oxygen atoms in total. The highest BCUT2D eigenvalue weighted by Crippen LogP contribution is 2.44. The molecule has 0 atom stereocenters. The van der Waals surface area contributed by atoms with Crippen LogP contribution in [0.3, 0.4) is 0 Å². The van der Waals surface area contributed by atoms with Gasteiger partial charge in [-0.3, -0.25) is 0 Å². The Hall–Kier alpha value is -2.70. The van der Waals surface area contributed by atoms with Crippen molar-refractivity contribution in [3.63, 3.8) is 0 Å². The van der Waals surface area contributed by atoms with Crippen molar-refractivity contribution in [2.75, 3.05) is 32.0 Å².